The van der Waals surface area contributed by atoms with Crippen LogP contribution in [-0.2, 0) is 9.59 Å². The maximum Gasteiger partial charge on any atom is 0.314 e. The Morgan fingerprint density at radius 2 is 1.95 bits per heavy atom. The van der Waals surface area contributed by atoms with Gasteiger partial charge in [0.1, 0.15) is 6.26 Å². The van der Waals surface area contributed by atoms with Crippen molar-refractivity contribution in [2.24, 2.45) is 0 Å². The molecule has 0 aliphatic heterocycles. The van der Waals surface area contributed by atoms with Crippen molar-refractivity contribution in [3.05, 3.63) is 48.2 Å². The summed E-state index contributed by atoms with van der Waals surface area (Å²) in [7, 11) is 0. The molecule has 110 valence electrons. The van der Waals surface area contributed by atoms with Gasteiger partial charge in [0.05, 0.1) is 6.10 Å². The van der Waals surface area contributed by atoms with Gasteiger partial charge in [0.25, 0.3) is 0 Å². The molecule has 7 heteroatoms. The number of anilines is 1. The van der Waals surface area contributed by atoms with Gasteiger partial charge in [0.2, 0.25) is 0 Å². The smallest absolute Gasteiger partial charge is 0.314 e. The number of amides is 2. The molecule has 1 aromatic carbocycles. The summed E-state index contributed by atoms with van der Waals surface area (Å²) in [6, 6.07) is 10.5. The Kier molecular flexibility index (Phi) is 5.05. The van der Waals surface area contributed by atoms with Gasteiger partial charge in [-0.05, 0) is 12.0 Å². The van der Waals surface area contributed by atoms with Gasteiger partial charge in [-0.25, -0.2) is 0 Å². The van der Waals surface area contributed by atoms with Gasteiger partial charge in [-0.1, -0.05) is 35.5 Å². The van der Waals surface area contributed by atoms with Crippen molar-refractivity contribution in [3.8, 4) is 0 Å². The molecule has 0 saturated carbocycles. The lowest BCUT2D eigenvalue weighted by molar-refractivity contribution is -0.136. The first kappa shape index (κ1) is 14.7. The molecule has 1 atom stereocenters. The molecule has 0 aliphatic carbocycles. The summed E-state index contributed by atoms with van der Waals surface area (Å²) in [4.78, 5) is 23.0. The van der Waals surface area contributed by atoms with Crippen LogP contribution in [0.5, 0.6) is 0 Å². The van der Waals surface area contributed by atoms with Gasteiger partial charge in [-0.15, -0.1) is 0 Å². The van der Waals surface area contributed by atoms with Crippen molar-refractivity contribution in [1.29, 1.82) is 0 Å². The van der Waals surface area contributed by atoms with Gasteiger partial charge in [-0.2, -0.15) is 0 Å². The van der Waals surface area contributed by atoms with Crippen LogP contribution >= 0.6 is 0 Å². The van der Waals surface area contributed by atoms with Gasteiger partial charge < -0.3 is 14.9 Å². The number of carbonyl (C=O) groups is 2. The highest BCUT2D eigenvalue weighted by molar-refractivity contribution is 6.39. The Morgan fingerprint density at radius 1 is 1.19 bits per heavy atom. The van der Waals surface area contributed by atoms with Gasteiger partial charge in [0.15, 0.2) is 5.82 Å². The highest BCUT2D eigenvalue weighted by Gasteiger charge is 2.15. The van der Waals surface area contributed by atoms with E-state index < -0.39 is 17.9 Å². The van der Waals surface area contributed by atoms with E-state index in [4.69, 9.17) is 0 Å². The third kappa shape index (κ3) is 4.43. The molecule has 0 bridgehead atoms. The SMILES string of the molecule is O=C(NCC[C@@H](O)c1ccccc1)C(=O)Nc1ccon1. The molecule has 7 nitrogen and oxygen atoms in total. The fourth-order valence-electron chi connectivity index (χ4n) is 1.69. The van der Waals surface area contributed by atoms with Crippen LogP contribution in [0.2, 0.25) is 0 Å². The molecule has 0 unspecified atom stereocenters. The number of carbonyl (C=O) groups excluding carboxylic acids is 2. The van der Waals surface area contributed by atoms with Crippen molar-refractivity contribution in [2.75, 3.05) is 11.9 Å². The van der Waals surface area contributed by atoms with Crippen molar-refractivity contribution in [2.45, 2.75) is 12.5 Å². The predicted octanol–water partition coefficient (Wildman–Crippen LogP) is 0.853. The molecular formula is C14H15N3O4. The number of hydrogen-bond donors (Lipinski definition) is 3. The number of nitrogens with zero attached hydrogens (tertiary/aromatic N) is 1. The summed E-state index contributed by atoms with van der Waals surface area (Å²) >= 11 is 0. The first-order valence-corrected chi connectivity index (χ1v) is 6.39. The van der Waals surface area contributed by atoms with Crippen LogP contribution in [0.1, 0.15) is 18.1 Å². The number of aliphatic hydroxyl groups excluding tert-OH is 1. The topological polar surface area (TPSA) is 104 Å². The Labute approximate surface area is 120 Å². The van der Waals surface area contributed by atoms with E-state index in [1.807, 2.05) is 18.2 Å². The molecule has 1 aromatic heterocycles. The Bertz CT molecular complexity index is 584. The molecule has 0 spiro atoms. The molecule has 0 radical (unpaired) electrons. The van der Waals surface area contributed by atoms with Crippen molar-refractivity contribution < 1.29 is 19.2 Å². The maximum atomic E-state index is 11.5. The summed E-state index contributed by atoms with van der Waals surface area (Å²) < 4.78 is 4.53. The quantitative estimate of drug-likeness (QED) is 0.708. The van der Waals surface area contributed by atoms with E-state index in [2.05, 4.69) is 20.3 Å². The lowest BCUT2D eigenvalue weighted by Crippen LogP contribution is -2.36. The van der Waals surface area contributed by atoms with Crippen molar-refractivity contribution >= 4 is 17.6 Å². The standard InChI is InChI=1S/C14H15N3O4/c18-11(10-4-2-1-3-5-10)6-8-15-13(19)14(20)16-12-7-9-21-17-12/h1-5,7,9,11,18H,6,8H2,(H,15,19)(H,16,17,20)/t11-/m1/s1. The van der Waals surface area contributed by atoms with Crippen molar-refractivity contribution in [1.82, 2.24) is 10.5 Å². The molecule has 2 amide bonds. The van der Waals surface area contributed by atoms with Crippen LogP contribution < -0.4 is 10.6 Å². The Balaban J connectivity index is 1.73. The van der Waals surface area contributed by atoms with E-state index in [0.29, 0.717) is 6.42 Å². The Hall–Kier alpha value is -2.67. The zero-order valence-corrected chi connectivity index (χ0v) is 11.2. The third-order valence-corrected chi connectivity index (χ3v) is 2.77. The second kappa shape index (κ2) is 7.20. The van der Waals surface area contributed by atoms with Crippen LogP contribution in [0.4, 0.5) is 5.82 Å². The van der Waals surface area contributed by atoms with Crippen LogP contribution in [-0.4, -0.2) is 28.6 Å². The van der Waals surface area contributed by atoms with E-state index in [1.165, 1.54) is 12.3 Å². The summed E-state index contributed by atoms with van der Waals surface area (Å²) in [5.41, 5.74) is 0.763. The first-order chi connectivity index (χ1) is 10.2. The van der Waals surface area contributed by atoms with E-state index in [-0.39, 0.29) is 12.4 Å². The summed E-state index contributed by atoms with van der Waals surface area (Å²) in [6.07, 6.45) is 0.904. The Morgan fingerprint density at radius 3 is 2.62 bits per heavy atom. The molecule has 0 saturated heterocycles. The number of nitrogens with one attached hydrogen (secondary N) is 2. The number of aliphatic hydroxyl groups is 1. The number of aromatic nitrogens is 1. The van der Waals surface area contributed by atoms with Crippen LogP contribution in [0.3, 0.4) is 0 Å². The zero-order valence-electron chi connectivity index (χ0n) is 11.2. The highest BCUT2D eigenvalue weighted by Crippen LogP contribution is 2.14. The second-order valence-electron chi connectivity index (χ2n) is 4.31. The monoisotopic (exact) mass is 289 g/mol. The molecule has 21 heavy (non-hydrogen) atoms. The van der Waals surface area contributed by atoms with Crippen LogP contribution in [0.25, 0.3) is 0 Å². The fraction of sp³-hybridized carbons (Fsp3) is 0.214. The maximum absolute atomic E-state index is 11.5. The van der Waals surface area contributed by atoms with E-state index in [0.717, 1.165) is 5.56 Å². The summed E-state index contributed by atoms with van der Waals surface area (Å²) in [6.45, 7) is 0.182. The predicted molar refractivity (Wildman–Crippen MR) is 74.2 cm³/mol. The van der Waals surface area contributed by atoms with Gasteiger partial charge in [-0.3, -0.25) is 14.9 Å². The second-order valence-corrected chi connectivity index (χ2v) is 4.31. The number of rotatable bonds is 5. The number of hydrogen-bond acceptors (Lipinski definition) is 5. The first-order valence-electron chi connectivity index (χ1n) is 6.39. The normalized spacial score (nSPS) is 11.7. The lowest BCUT2D eigenvalue weighted by atomic mass is 10.1. The molecule has 2 aromatic rings. The average molecular weight is 289 g/mol. The minimum absolute atomic E-state index is 0.166. The number of benzene rings is 1. The molecular weight excluding hydrogens is 274 g/mol. The average Bonchev–Trinajstić information content (AvgIpc) is 3.00. The minimum atomic E-state index is -0.835. The van der Waals surface area contributed by atoms with Crippen LogP contribution in [0.15, 0.2) is 47.2 Å². The van der Waals surface area contributed by atoms with E-state index in [9.17, 15) is 14.7 Å². The summed E-state index contributed by atoms with van der Waals surface area (Å²) in [5, 5.41) is 18.1. The van der Waals surface area contributed by atoms with Gasteiger partial charge in [0, 0.05) is 12.6 Å². The molecule has 1 heterocycles. The van der Waals surface area contributed by atoms with E-state index in [1.54, 1.807) is 12.1 Å². The molecule has 3 N–H and O–H groups in total. The zero-order chi connectivity index (χ0) is 15.1. The van der Waals surface area contributed by atoms with Gasteiger partial charge >= 0.3 is 11.8 Å². The third-order valence-electron chi connectivity index (χ3n) is 2.77. The fourth-order valence-corrected chi connectivity index (χ4v) is 1.69. The summed E-state index contributed by atoms with van der Waals surface area (Å²) in [5.74, 6) is -1.46. The van der Waals surface area contributed by atoms with Crippen LogP contribution in [0, 0.1) is 0 Å². The highest BCUT2D eigenvalue weighted by atomic mass is 16.5. The molecule has 2 rings (SSSR count). The lowest BCUT2D eigenvalue weighted by Gasteiger charge is -2.11. The largest absolute Gasteiger partial charge is 0.388 e. The van der Waals surface area contributed by atoms with Crippen molar-refractivity contribution in [3.63, 3.8) is 0 Å². The van der Waals surface area contributed by atoms with E-state index >= 15 is 0 Å². The molecule has 0 fully saturated rings. The molecule has 0 aliphatic rings. The minimum Gasteiger partial charge on any atom is -0.388 e.